The van der Waals surface area contributed by atoms with Crippen LogP contribution in [0.2, 0.25) is 0 Å². The van der Waals surface area contributed by atoms with Crippen LogP contribution in [0.3, 0.4) is 0 Å². The van der Waals surface area contributed by atoms with Crippen molar-refractivity contribution in [3.63, 3.8) is 0 Å². The van der Waals surface area contributed by atoms with Gasteiger partial charge in [-0.2, -0.15) is 0 Å². The van der Waals surface area contributed by atoms with E-state index in [2.05, 4.69) is 10.6 Å². The number of pyridine rings is 1. The summed E-state index contributed by atoms with van der Waals surface area (Å²) in [5.74, 6) is -1.69. The normalized spacial score (nSPS) is 11.3. The fourth-order valence-electron chi connectivity index (χ4n) is 3.17. The van der Waals surface area contributed by atoms with Gasteiger partial charge in [0.1, 0.15) is 5.56 Å². The largest absolute Gasteiger partial charge is 0.467 e. The summed E-state index contributed by atoms with van der Waals surface area (Å²) < 4.78 is 6.26. The molecule has 2 aromatic carbocycles. The highest BCUT2D eigenvalue weighted by atomic mass is 16.5. The molecule has 0 bridgehead atoms. The minimum atomic E-state index is -1.16. The van der Waals surface area contributed by atoms with Crippen molar-refractivity contribution in [1.82, 2.24) is 9.88 Å². The molecule has 0 saturated heterocycles. The van der Waals surface area contributed by atoms with Crippen LogP contribution in [0.1, 0.15) is 27.5 Å². The molecule has 0 aliphatic heterocycles. The number of methoxy groups -OCH3 is 1. The van der Waals surface area contributed by atoms with Crippen LogP contribution in [0.15, 0.2) is 77.7 Å². The minimum absolute atomic E-state index is 0.102. The van der Waals surface area contributed by atoms with E-state index in [0.29, 0.717) is 17.8 Å². The van der Waals surface area contributed by atoms with Crippen LogP contribution in [0.4, 0.5) is 5.69 Å². The van der Waals surface area contributed by atoms with Gasteiger partial charge in [0.2, 0.25) is 0 Å². The number of hydrogen-bond donors (Lipinski definition) is 4. The van der Waals surface area contributed by atoms with Crippen molar-refractivity contribution < 1.29 is 14.3 Å². The molecule has 0 fully saturated rings. The summed E-state index contributed by atoms with van der Waals surface area (Å²) in [6.45, 7) is 0.306. The molecular formula is C23H23N5O4. The summed E-state index contributed by atoms with van der Waals surface area (Å²) >= 11 is 0. The molecule has 0 aliphatic rings. The van der Waals surface area contributed by atoms with Gasteiger partial charge >= 0.3 is 5.97 Å². The Morgan fingerprint density at radius 2 is 1.84 bits per heavy atom. The molecule has 0 spiro atoms. The first-order chi connectivity index (χ1) is 15.4. The molecule has 0 unspecified atom stereocenters. The average Bonchev–Trinajstić information content (AvgIpc) is 2.78. The maximum absolute atomic E-state index is 12.9. The SMILES string of the molecule is COC(=O)[C@@H](NC(=O)c1cccn(Cc2ccccc2)c1=O)c1cccc(NC(=N)N)c1. The highest BCUT2D eigenvalue weighted by Gasteiger charge is 2.26. The number of rotatable bonds is 7. The van der Waals surface area contributed by atoms with E-state index < -0.39 is 23.5 Å². The highest BCUT2D eigenvalue weighted by Crippen LogP contribution is 2.19. The van der Waals surface area contributed by atoms with Crippen LogP contribution in [0.25, 0.3) is 0 Å². The van der Waals surface area contributed by atoms with E-state index in [1.54, 1.807) is 36.5 Å². The molecule has 1 heterocycles. The van der Waals surface area contributed by atoms with E-state index in [-0.39, 0.29) is 11.5 Å². The molecule has 1 amide bonds. The van der Waals surface area contributed by atoms with E-state index >= 15 is 0 Å². The molecular weight excluding hydrogens is 410 g/mol. The first kappa shape index (κ1) is 22.3. The molecule has 0 saturated carbocycles. The van der Waals surface area contributed by atoms with Crippen molar-refractivity contribution in [1.29, 1.82) is 5.41 Å². The fourth-order valence-corrected chi connectivity index (χ4v) is 3.17. The smallest absolute Gasteiger partial charge is 0.333 e. The van der Waals surface area contributed by atoms with Crippen LogP contribution in [0.5, 0.6) is 0 Å². The van der Waals surface area contributed by atoms with Crippen LogP contribution in [-0.4, -0.2) is 29.5 Å². The Morgan fingerprint density at radius 3 is 2.53 bits per heavy atom. The van der Waals surface area contributed by atoms with Crippen LogP contribution >= 0.6 is 0 Å². The average molecular weight is 433 g/mol. The molecule has 1 atom stereocenters. The standard InChI is InChI=1S/C23H23N5O4/c1-32-22(31)19(16-9-5-10-17(13-16)26-23(24)25)27-20(29)18-11-6-12-28(21(18)30)14-15-7-3-2-4-8-15/h2-13,19H,14H2,1H3,(H,27,29)(H4,24,25,26)/t19-/m0/s1. The zero-order chi connectivity index (χ0) is 23.1. The van der Waals surface area contributed by atoms with Gasteiger partial charge in [-0.1, -0.05) is 42.5 Å². The third-order valence-electron chi connectivity index (χ3n) is 4.67. The lowest BCUT2D eigenvalue weighted by Crippen LogP contribution is -2.38. The molecule has 9 heteroatoms. The zero-order valence-corrected chi connectivity index (χ0v) is 17.4. The number of nitrogens with two attached hydrogens (primary N) is 1. The van der Waals surface area contributed by atoms with Gasteiger partial charge in [-0.05, 0) is 35.4 Å². The number of carbonyl (C=O) groups is 2. The molecule has 0 radical (unpaired) electrons. The fraction of sp³-hybridized carbons (Fsp3) is 0.130. The second kappa shape index (κ2) is 10.1. The van der Waals surface area contributed by atoms with Crippen molar-refractivity contribution in [3.05, 3.63) is 100.0 Å². The molecule has 3 aromatic rings. The third-order valence-corrected chi connectivity index (χ3v) is 4.67. The zero-order valence-electron chi connectivity index (χ0n) is 17.4. The number of benzene rings is 2. The predicted molar refractivity (Wildman–Crippen MR) is 120 cm³/mol. The first-order valence-corrected chi connectivity index (χ1v) is 9.72. The second-order valence-corrected chi connectivity index (χ2v) is 6.93. The van der Waals surface area contributed by atoms with Gasteiger partial charge in [-0.3, -0.25) is 15.0 Å². The van der Waals surface area contributed by atoms with Crippen molar-refractivity contribution in [3.8, 4) is 0 Å². The van der Waals surface area contributed by atoms with Crippen LogP contribution in [0, 0.1) is 5.41 Å². The molecule has 3 rings (SSSR count). The van der Waals surface area contributed by atoms with Gasteiger partial charge in [0.25, 0.3) is 11.5 Å². The Morgan fingerprint density at radius 1 is 1.09 bits per heavy atom. The van der Waals surface area contributed by atoms with Gasteiger partial charge in [0.05, 0.1) is 13.7 Å². The maximum atomic E-state index is 12.9. The lowest BCUT2D eigenvalue weighted by atomic mass is 10.1. The summed E-state index contributed by atoms with van der Waals surface area (Å²) in [4.78, 5) is 38.2. The quantitative estimate of drug-likeness (QED) is 0.255. The predicted octanol–water partition coefficient (Wildman–Crippen LogP) is 1.85. The lowest BCUT2D eigenvalue weighted by molar-refractivity contribution is -0.143. The number of hydrogen-bond acceptors (Lipinski definition) is 5. The van der Waals surface area contributed by atoms with Crippen molar-refractivity contribution in [2.24, 2.45) is 5.73 Å². The number of anilines is 1. The van der Waals surface area contributed by atoms with Gasteiger partial charge < -0.3 is 25.7 Å². The molecule has 32 heavy (non-hydrogen) atoms. The number of nitrogens with one attached hydrogen (secondary N) is 3. The van der Waals surface area contributed by atoms with Crippen LogP contribution in [-0.2, 0) is 16.1 Å². The second-order valence-electron chi connectivity index (χ2n) is 6.93. The van der Waals surface area contributed by atoms with Gasteiger partial charge in [0, 0.05) is 11.9 Å². The van der Waals surface area contributed by atoms with E-state index in [1.807, 2.05) is 30.3 Å². The third kappa shape index (κ3) is 5.39. The van der Waals surface area contributed by atoms with E-state index in [0.717, 1.165) is 5.56 Å². The monoisotopic (exact) mass is 433 g/mol. The summed E-state index contributed by atoms with van der Waals surface area (Å²) in [5, 5.41) is 12.5. The van der Waals surface area contributed by atoms with Crippen molar-refractivity contribution in [2.75, 3.05) is 12.4 Å². The Kier molecular flexibility index (Phi) is 7.02. The summed E-state index contributed by atoms with van der Waals surface area (Å²) in [7, 11) is 1.20. The van der Waals surface area contributed by atoms with Gasteiger partial charge in [-0.15, -0.1) is 0 Å². The topological polar surface area (TPSA) is 139 Å². The molecule has 1 aromatic heterocycles. The summed E-state index contributed by atoms with van der Waals surface area (Å²) in [5.41, 5.74) is 6.54. The summed E-state index contributed by atoms with van der Waals surface area (Å²) in [6.07, 6.45) is 1.60. The number of nitrogens with zero attached hydrogens (tertiary/aromatic N) is 1. The van der Waals surface area contributed by atoms with E-state index in [1.165, 1.54) is 17.7 Å². The maximum Gasteiger partial charge on any atom is 0.333 e. The van der Waals surface area contributed by atoms with Crippen molar-refractivity contribution in [2.45, 2.75) is 12.6 Å². The van der Waals surface area contributed by atoms with Crippen molar-refractivity contribution >= 4 is 23.5 Å². The highest BCUT2D eigenvalue weighted by molar-refractivity contribution is 5.97. The Hall–Kier alpha value is -4.40. The number of esters is 1. The number of amides is 1. The number of carbonyl (C=O) groups excluding carboxylic acids is 2. The molecule has 0 aliphatic carbocycles. The Labute approximate surface area is 184 Å². The molecule has 5 N–H and O–H groups in total. The van der Waals surface area contributed by atoms with E-state index in [4.69, 9.17) is 15.9 Å². The molecule has 164 valence electrons. The van der Waals surface area contributed by atoms with Gasteiger partial charge in [0.15, 0.2) is 12.0 Å². The number of guanidine groups is 1. The number of aromatic nitrogens is 1. The molecule has 9 nitrogen and oxygen atoms in total. The first-order valence-electron chi connectivity index (χ1n) is 9.72. The summed E-state index contributed by atoms with van der Waals surface area (Å²) in [6, 6.07) is 17.7. The Balaban J connectivity index is 1.88. The lowest BCUT2D eigenvalue weighted by Gasteiger charge is -2.18. The van der Waals surface area contributed by atoms with E-state index in [9.17, 15) is 14.4 Å². The number of ether oxygens (including phenoxy) is 1. The Bertz CT molecular complexity index is 1190. The minimum Gasteiger partial charge on any atom is -0.467 e. The van der Waals surface area contributed by atoms with Gasteiger partial charge in [-0.25, -0.2) is 4.79 Å². The van der Waals surface area contributed by atoms with Crippen LogP contribution < -0.4 is 21.9 Å².